The molecule has 2 rings (SSSR count). The van der Waals surface area contributed by atoms with Crippen molar-refractivity contribution in [2.45, 2.75) is 0 Å². The Bertz CT molecular complexity index is 547. The molecule has 0 aliphatic heterocycles. The first-order chi connectivity index (χ1) is 8.70. The van der Waals surface area contributed by atoms with E-state index in [1.54, 1.807) is 12.1 Å². The van der Waals surface area contributed by atoms with Crippen LogP contribution in [0.5, 0.6) is 0 Å². The normalized spacial score (nSPS) is 10.4. The van der Waals surface area contributed by atoms with Crippen LogP contribution in [0.1, 0.15) is 0 Å². The van der Waals surface area contributed by atoms with Gasteiger partial charge in [-0.2, -0.15) is 0 Å². The largest absolute Gasteiger partial charge is 0.369 e. The van der Waals surface area contributed by atoms with E-state index in [2.05, 4.69) is 15.3 Å². The van der Waals surface area contributed by atoms with Crippen LogP contribution in [0.4, 0.5) is 10.2 Å². The van der Waals surface area contributed by atoms with Crippen molar-refractivity contribution in [3.8, 4) is 11.3 Å². The van der Waals surface area contributed by atoms with Crippen LogP contribution in [0, 0.1) is 5.82 Å². The number of benzene rings is 1. The van der Waals surface area contributed by atoms with Gasteiger partial charge in [0, 0.05) is 24.7 Å². The highest BCUT2D eigenvalue weighted by Crippen LogP contribution is 2.24. The Morgan fingerprint density at radius 1 is 1.28 bits per heavy atom. The third-order valence-corrected chi connectivity index (χ3v) is 2.62. The summed E-state index contributed by atoms with van der Waals surface area (Å²) < 4.78 is 13.1. The molecular weight excluding hydrogens is 255 g/mol. The fourth-order valence-corrected chi connectivity index (χ4v) is 1.65. The zero-order valence-corrected chi connectivity index (χ0v) is 10.3. The van der Waals surface area contributed by atoms with Gasteiger partial charge in [0.2, 0.25) is 0 Å². The average Bonchev–Trinajstić information content (AvgIpc) is 2.40. The molecule has 1 heterocycles. The molecular formula is C12H12ClFN4. The third-order valence-electron chi connectivity index (χ3n) is 2.33. The topological polar surface area (TPSA) is 63.8 Å². The van der Waals surface area contributed by atoms with Gasteiger partial charge in [0.15, 0.2) is 0 Å². The zero-order chi connectivity index (χ0) is 13.0. The van der Waals surface area contributed by atoms with Gasteiger partial charge in [-0.1, -0.05) is 11.6 Å². The molecule has 0 bridgehead atoms. The number of anilines is 1. The number of hydrogen-bond acceptors (Lipinski definition) is 4. The van der Waals surface area contributed by atoms with Gasteiger partial charge in [-0.3, -0.25) is 0 Å². The van der Waals surface area contributed by atoms with Crippen LogP contribution in [0.2, 0.25) is 5.02 Å². The lowest BCUT2D eigenvalue weighted by atomic mass is 10.1. The first-order valence-corrected chi connectivity index (χ1v) is 5.80. The fourth-order valence-electron chi connectivity index (χ4n) is 1.47. The number of rotatable bonds is 4. The van der Waals surface area contributed by atoms with Gasteiger partial charge in [-0.05, 0) is 18.2 Å². The van der Waals surface area contributed by atoms with E-state index in [1.807, 2.05) is 0 Å². The second-order valence-corrected chi connectivity index (χ2v) is 4.04. The summed E-state index contributed by atoms with van der Waals surface area (Å²) in [7, 11) is 0. The van der Waals surface area contributed by atoms with E-state index < -0.39 is 5.82 Å². The highest BCUT2D eigenvalue weighted by Gasteiger charge is 2.05. The molecule has 6 heteroatoms. The SMILES string of the molecule is NCCNc1cc(-c2ccc(F)c(Cl)c2)ncn1. The standard InChI is InChI=1S/C12H12ClFN4/c13-9-5-8(1-2-10(9)14)11-6-12(16-4-3-15)18-7-17-11/h1-2,5-7H,3-4,15H2,(H,16,17,18). The Labute approximate surface area is 109 Å². The summed E-state index contributed by atoms with van der Waals surface area (Å²) in [5.41, 5.74) is 6.81. The van der Waals surface area contributed by atoms with Crippen molar-refractivity contribution in [2.24, 2.45) is 5.73 Å². The van der Waals surface area contributed by atoms with Crippen molar-refractivity contribution in [2.75, 3.05) is 18.4 Å². The van der Waals surface area contributed by atoms with E-state index in [9.17, 15) is 4.39 Å². The number of nitrogens with one attached hydrogen (secondary N) is 1. The van der Waals surface area contributed by atoms with Gasteiger partial charge in [-0.25, -0.2) is 14.4 Å². The summed E-state index contributed by atoms with van der Waals surface area (Å²) in [5, 5.41) is 3.12. The molecule has 1 aromatic carbocycles. The highest BCUT2D eigenvalue weighted by atomic mass is 35.5. The van der Waals surface area contributed by atoms with Crippen LogP contribution >= 0.6 is 11.6 Å². The molecule has 0 aliphatic rings. The predicted molar refractivity (Wildman–Crippen MR) is 70.0 cm³/mol. The fraction of sp³-hybridized carbons (Fsp3) is 0.167. The van der Waals surface area contributed by atoms with Crippen molar-refractivity contribution in [3.63, 3.8) is 0 Å². The highest BCUT2D eigenvalue weighted by molar-refractivity contribution is 6.31. The maximum Gasteiger partial charge on any atom is 0.141 e. The van der Waals surface area contributed by atoms with E-state index in [0.29, 0.717) is 24.6 Å². The first kappa shape index (κ1) is 12.7. The summed E-state index contributed by atoms with van der Waals surface area (Å²) in [6, 6.07) is 6.23. The van der Waals surface area contributed by atoms with Gasteiger partial charge < -0.3 is 11.1 Å². The van der Waals surface area contributed by atoms with Crippen molar-refractivity contribution in [3.05, 3.63) is 41.4 Å². The Balaban J connectivity index is 2.29. The van der Waals surface area contributed by atoms with Crippen LogP contribution in [0.3, 0.4) is 0 Å². The van der Waals surface area contributed by atoms with E-state index in [4.69, 9.17) is 17.3 Å². The van der Waals surface area contributed by atoms with Crippen molar-refractivity contribution in [1.82, 2.24) is 9.97 Å². The Morgan fingerprint density at radius 2 is 2.11 bits per heavy atom. The number of halogens is 2. The Kier molecular flexibility index (Phi) is 4.07. The van der Waals surface area contributed by atoms with E-state index in [0.717, 1.165) is 5.56 Å². The van der Waals surface area contributed by atoms with Crippen LogP contribution in [-0.4, -0.2) is 23.1 Å². The molecule has 18 heavy (non-hydrogen) atoms. The molecule has 2 aromatic rings. The second kappa shape index (κ2) is 5.75. The molecule has 0 radical (unpaired) electrons. The molecule has 0 saturated heterocycles. The quantitative estimate of drug-likeness (QED) is 0.891. The van der Waals surface area contributed by atoms with Crippen LogP contribution in [0.25, 0.3) is 11.3 Å². The monoisotopic (exact) mass is 266 g/mol. The summed E-state index contributed by atoms with van der Waals surface area (Å²) in [6.45, 7) is 1.14. The third kappa shape index (κ3) is 2.94. The number of nitrogens with two attached hydrogens (primary N) is 1. The number of hydrogen-bond donors (Lipinski definition) is 2. The molecule has 0 spiro atoms. The molecule has 4 nitrogen and oxygen atoms in total. The number of aromatic nitrogens is 2. The Hall–Kier alpha value is -1.72. The van der Waals surface area contributed by atoms with Crippen LogP contribution < -0.4 is 11.1 Å². The summed E-state index contributed by atoms with van der Waals surface area (Å²) in [6.07, 6.45) is 1.44. The molecule has 0 aliphatic carbocycles. The first-order valence-electron chi connectivity index (χ1n) is 5.42. The van der Waals surface area contributed by atoms with Crippen molar-refractivity contribution >= 4 is 17.4 Å². The van der Waals surface area contributed by atoms with Gasteiger partial charge in [0.05, 0.1) is 10.7 Å². The lowest BCUT2D eigenvalue weighted by Gasteiger charge is -2.06. The lowest BCUT2D eigenvalue weighted by Crippen LogP contribution is -2.13. The summed E-state index contributed by atoms with van der Waals surface area (Å²) in [5.74, 6) is 0.224. The van der Waals surface area contributed by atoms with Crippen LogP contribution in [-0.2, 0) is 0 Å². The van der Waals surface area contributed by atoms with Gasteiger partial charge in [0.1, 0.15) is 18.0 Å². The minimum atomic E-state index is -0.448. The molecule has 0 amide bonds. The number of nitrogens with zero attached hydrogens (tertiary/aromatic N) is 2. The van der Waals surface area contributed by atoms with Gasteiger partial charge in [-0.15, -0.1) is 0 Å². The molecule has 1 aromatic heterocycles. The van der Waals surface area contributed by atoms with E-state index in [1.165, 1.54) is 18.5 Å². The van der Waals surface area contributed by atoms with Crippen LogP contribution in [0.15, 0.2) is 30.6 Å². The Morgan fingerprint density at radius 3 is 2.83 bits per heavy atom. The molecule has 0 fully saturated rings. The zero-order valence-electron chi connectivity index (χ0n) is 9.53. The minimum absolute atomic E-state index is 0.0718. The molecule has 0 atom stereocenters. The maximum absolute atomic E-state index is 13.1. The summed E-state index contributed by atoms with van der Waals surface area (Å²) in [4.78, 5) is 8.18. The van der Waals surface area contributed by atoms with E-state index in [-0.39, 0.29) is 5.02 Å². The lowest BCUT2D eigenvalue weighted by molar-refractivity contribution is 0.628. The predicted octanol–water partition coefficient (Wildman–Crippen LogP) is 2.31. The molecule has 94 valence electrons. The molecule has 3 N–H and O–H groups in total. The van der Waals surface area contributed by atoms with Gasteiger partial charge in [0.25, 0.3) is 0 Å². The summed E-state index contributed by atoms with van der Waals surface area (Å²) >= 11 is 5.74. The van der Waals surface area contributed by atoms with Gasteiger partial charge >= 0.3 is 0 Å². The minimum Gasteiger partial charge on any atom is -0.369 e. The smallest absolute Gasteiger partial charge is 0.141 e. The second-order valence-electron chi connectivity index (χ2n) is 3.63. The molecule has 0 unspecified atom stereocenters. The molecule has 0 saturated carbocycles. The van der Waals surface area contributed by atoms with Crippen molar-refractivity contribution < 1.29 is 4.39 Å². The van der Waals surface area contributed by atoms with E-state index >= 15 is 0 Å². The maximum atomic E-state index is 13.1. The van der Waals surface area contributed by atoms with Crippen molar-refractivity contribution in [1.29, 1.82) is 0 Å². The average molecular weight is 267 g/mol.